The molecule has 4 heteroatoms. The summed E-state index contributed by atoms with van der Waals surface area (Å²) in [7, 11) is 0. The van der Waals surface area contributed by atoms with Crippen molar-refractivity contribution in [1.29, 1.82) is 0 Å². The third-order valence-electron chi connectivity index (χ3n) is 4.59. The summed E-state index contributed by atoms with van der Waals surface area (Å²) < 4.78 is 5.05. The van der Waals surface area contributed by atoms with Crippen molar-refractivity contribution in [3.05, 3.63) is 0 Å². The number of hydrogen-bond acceptors (Lipinski definition) is 3. The molecule has 0 unspecified atom stereocenters. The van der Waals surface area contributed by atoms with Crippen LogP contribution in [-0.4, -0.2) is 31.0 Å². The van der Waals surface area contributed by atoms with Gasteiger partial charge in [-0.05, 0) is 19.3 Å². The Bertz CT molecular complexity index is 272. The molecule has 0 atom stereocenters. The van der Waals surface area contributed by atoms with Crippen molar-refractivity contribution in [1.82, 2.24) is 5.32 Å². The fraction of sp³-hybridized carbons (Fsp3) is 0.952. The van der Waals surface area contributed by atoms with Crippen LogP contribution in [0.25, 0.3) is 0 Å². The van der Waals surface area contributed by atoms with Gasteiger partial charge in [-0.15, -0.1) is 0 Å². The molecular weight excluding hydrogens is 314 g/mol. The third-order valence-corrected chi connectivity index (χ3v) is 4.59. The zero-order valence-corrected chi connectivity index (χ0v) is 16.7. The number of carbonyl (C=O) groups is 1. The zero-order valence-electron chi connectivity index (χ0n) is 16.7. The van der Waals surface area contributed by atoms with Crippen LogP contribution in [0.15, 0.2) is 0 Å². The first-order chi connectivity index (χ1) is 12.3. The summed E-state index contributed by atoms with van der Waals surface area (Å²) in [5, 5.41) is 11.5. The molecule has 0 aliphatic carbocycles. The first kappa shape index (κ1) is 24.2. The average molecular weight is 358 g/mol. The van der Waals surface area contributed by atoms with Gasteiger partial charge in [-0.1, -0.05) is 90.4 Å². The van der Waals surface area contributed by atoms with E-state index in [0.29, 0.717) is 13.2 Å². The normalized spacial score (nSPS) is 10.8. The van der Waals surface area contributed by atoms with E-state index in [4.69, 9.17) is 9.84 Å². The van der Waals surface area contributed by atoms with Gasteiger partial charge in [0.05, 0.1) is 6.61 Å². The second-order valence-corrected chi connectivity index (χ2v) is 7.09. The highest BCUT2D eigenvalue weighted by atomic mass is 16.5. The van der Waals surface area contributed by atoms with Crippen LogP contribution in [0.4, 0.5) is 4.79 Å². The van der Waals surface area contributed by atoms with E-state index in [1.54, 1.807) is 0 Å². The molecule has 0 rings (SSSR count). The largest absolute Gasteiger partial charge is 0.450 e. The van der Waals surface area contributed by atoms with Gasteiger partial charge in [0.2, 0.25) is 0 Å². The van der Waals surface area contributed by atoms with Crippen molar-refractivity contribution in [3.63, 3.8) is 0 Å². The highest BCUT2D eigenvalue weighted by Gasteiger charge is 2.00. The number of alkyl carbamates (subject to hydrolysis) is 1. The van der Waals surface area contributed by atoms with Crippen LogP contribution in [0.3, 0.4) is 0 Å². The highest BCUT2D eigenvalue weighted by molar-refractivity contribution is 5.66. The number of carbonyl (C=O) groups excluding carboxylic acids is 1. The van der Waals surface area contributed by atoms with Gasteiger partial charge in [-0.25, -0.2) is 4.79 Å². The number of aliphatic hydroxyl groups excluding tert-OH is 1. The van der Waals surface area contributed by atoms with Gasteiger partial charge in [-0.3, -0.25) is 0 Å². The molecule has 0 fully saturated rings. The Morgan fingerprint density at radius 1 is 0.720 bits per heavy atom. The minimum absolute atomic E-state index is 0.262. The molecule has 0 spiro atoms. The molecule has 25 heavy (non-hydrogen) atoms. The Hall–Kier alpha value is -0.770. The highest BCUT2D eigenvalue weighted by Crippen LogP contribution is 2.12. The quantitative estimate of drug-likeness (QED) is 0.280. The monoisotopic (exact) mass is 357 g/mol. The van der Waals surface area contributed by atoms with Crippen molar-refractivity contribution in [2.45, 2.75) is 110 Å². The first-order valence-electron chi connectivity index (χ1n) is 10.8. The lowest BCUT2D eigenvalue weighted by Gasteiger charge is -2.06. The smallest absolute Gasteiger partial charge is 0.407 e. The van der Waals surface area contributed by atoms with E-state index in [1.165, 1.54) is 77.0 Å². The maximum atomic E-state index is 11.3. The summed E-state index contributed by atoms with van der Waals surface area (Å²) in [6.45, 7) is 3.71. The lowest BCUT2D eigenvalue weighted by atomic mass is 10.0. The predicted molar refractivity (Wildman–Crippen MR) is 106 cm³/mol. The fourth-order valence-electron chi connectivity index (χ4n) is 2.91. The number of amides is 1. The van der Waals surface area contributed by atoms with Crippen LogP contribution in [0.2, 0.25) is 0 Å². The molecule has 4 nitrogen and oxygen atoms in total. The maximum Gasteiger partial charge on any atom is 0.407 e. The van der Waals surface area contributed by atoms with Gasteiger partial charge in [0.15, 0.2) is 0 Å². The molecule has 1 amide bonds. The molecule has 0 radical (unpaired) electrons. The lowest BCUT2D eigenvalue weighted by Crippen LogP contribution is -2.25. The molecule has 0 saturated carbocycles. The second kappa shape index (κ2) is 21.3. The van der Waals surface area contributed by atoms with E-state index in [2.05, 4.69) is 12.2 Å². The second-order valence-electron chi connectivity index (χ2n) is 7.09. The van der Waals surface area contributed by atoms with Gasteiger partial charge in [-0.2, -0.15) is 0 Å². The van der Waals surface area contributed by atoms with Crippen molar-refractivity contribution in [2.75, 3.05) is 19.8 Å². The molecule has 0 aliphatic rings. The van der Waals surface area contributed by atoms with Crippen LogP contribution >= 0.6 is 0 Å². The SMILES string of the molecule is CCCCOC(=O)NCCCCCCCCCCCCCCCCO. The molecule has 0 aromatic heterocycles. The number of aliphatic hydroxyl groups is 1. The molecular formula is C21H43NO3. The van der Waals surface area contributed by atoms with E-state index in [1.807, 2.05) is 0 Å². The van der Waals surface area contributed by atoms with E-state index < -0.39 is 0 Å². The number of ether oxygens (including phenoxy) is 1. The number of hydrogen-bond donors (Lipinski definition) is 2. The van der Waals surface area contributed by atoms with Crippen molar-refractivity contribution in [3.8, 4) is 0 Å². The molecule has 0 heterocycles. The summed E-state index contributed by atoms with van der Waals surface area (Å²) >= 11 is 0. The van der Waals surface area contributed by atoms with Gasteiger partial charge in [0, 0.05) is 13.2 Å². The minimum atomic E-state index is -0.262. The van der Waals surface area contributed by atoms with Crippen LogP contribution in [0, 0.1) is 0 Å². The first-order valence-corrected chi connectivity index (χ1v) is 10.8. The van der Waals surface area contributed by atoms with Crippen LogP contribution in [0.1, 0.15) is 110 Å². The Morgan fingerprint density at radius 3 is 1.60 bits per heavy atom. The van der Waals surface area contributed by atoms with Crippen LogP contribution in [-0.2, 0) is 4.74 Å². The molecule has 2 N–H and O–H groups in total. The molecule has 0 aliphatic heterocycles. The third kappa shape index (κ3) is 21.2. The molecule has 0 aromatic carbocycles. The topological polar surface area (TPSA) is 58.6 Å². The summed E-state index contributed by atoms with van der Waals surface area (Å²) in [6.07, 6.45) is 19.6. The van der Waals surface area contributed by atoms with E-state index in [9.17, 15) is 4.79 Å². The van der Waals surface area contributed by atoms with Gasteiger partial charge in [0.1, 0.15) is 0 Å². The van der Waals surface area contributed by atoms with Gasteiger partial charge < -0.3 is 15.2 Å². The van der Waals surface area contributed by atoms with Gasteiger partial charge in [0.25, 0.3) is 0 Å². The summed E-state index contributed by atoms with van der Waals surface area (Å²) in [5.74, 6) is 0. The standard InChI is InChI=1S/C21H43NO3/c1-2-3-20-25-21(24)22-18-16-14-12-10-8-6-4-5-7-9-11-13-15-17-19-23/h23H,2-20H2,1H3,(H,22,24). The fourth-order valence-corrected chi connectivity index (χ4v) is 2.91. The maximum absolute atomic E-state index is 11.3. The Balaban J connectivity index is 3.06. The van der Waals surface area contributed by atoms with Crippen molar-refractivity contribution < 1.29 is 14.6 Å². The molecule has 150 valence electrons. The molecule has 0 saturated heterocycles. The number of nitrogens with one attached hydrogen (secondary N) is 1. The van der Waals surface area contributed by atoms with E-state index in [0.717, 1.165) is 32.2 Å². The van der Waals surface area contributed by atoms with Crippen LogP contribution in [0.5, 0.6) is 0 Å². The average Bonchev–Trinajstić information content (AvgIpc) is 2.61. The van der Waals surface area contributed by atoms with Crippen molar-refractivity contribution in [2.24, 2.45) is 0 Å². The Kier molecular flexibility index (Phi) is 20.6. The lowest BCUT2D eigenvalue weighted by molar-refractivity contribution is 0.144. The zero-order chi connectivity index (χ0) is 18.4. The summed E-state index contributed by atoms with van der Waals surface area (Å²) in [6, 6.07) is 0. The van der Waals surface area contributed by atoms with Gasteiger partial charge >= 0.3 is 6.09 Å². The summed E-state index contributed by atoms with van der Waals surface area (Å²) in [4.78, 5) is 11.3. The van der Waals surface area contributed by atoms with E-state index in [-0.39, 0.29) is 6.09 Å². The Morgan fingerprint density at radius 2 is 1.16 bits per heavy atom. The van der Waals surface area contributed by atoms with Crippen LogP contribution < -0.4 is 5.32 Å². The molecule has 0 aromatic rings. The minimum Gasteiger partial charge on any atom is -0.450 e. The van der Waals surface area contributed by atoms with E-state index >= 15 is 0 Å². The Labute approximate surface area is 156 Å². The van der Waals surface area contributed by atoms with Crippen molar-refractivity contribution >= 4 is 6.09 Å². The number of rotatable bonds is 19. The summed E-state index contributed by atoms with van der Waals surface area (Å²) in [5.41, 5.74) is 0. The predicted octanol–water partition coefficient (Wildman–Crippen LogP) is 5.97. The number of unbranched alkanes of at least 4 members (excludes halogenated alkanes) is 14. The molecule has 0 bridgehead atoms.